The van der Waals surface area contributed by atoms with Gasteiger partial charge >= 0.3 is 0 Å². The molecule has 0 bridgehead atoms. The Balaban J connectivity index is 0.00000361. The molecule has 0 aliphatic heterocycles. The number of carbonyl (C=O) groups is 1. The number of nitrogens with two attached hydrogens (primary N) is 1. The maximum Gasteiger partial charge on any atom is 0.255 e. The summed E-state index contributed by atoms with van der Waals surface area (Å²) in [6.07, 6.45) is 0. The average molecular weight is 323 g/mol. The topological polar surface area (TPSA) is 73.6 Å². The highest BCUT2D eigenvalue weighted by Crippen LogP contribution is 2.23. The summed E-state index contributed by atoms with van der Waals surface area (Å²) in [5.41, 5.74) is 5.87. The number of ether oxygens (including phenoxy) is 2. The summed E-state index contributed by atoms with van der Waals surface area (Å²) in [6.45, 7) is 3.01. The molecule has 5 nitrogen and oxygen atoms in total. The molecule has 0 saturated carbocycles. The Morgan fingerprint density at radius 2 is 2.15 bits per heavy atom. The largest absolute Gasteiger partial charge is 0.490 e. The van der Waals surface area contributed by atoms with Gasteiger partial charge in [0.2, 0.25) is 0 Å². The molecule has 0 unspecified atom stereocenters. The fourth-order valence-corrected chi connectivity index (χ4v) is 1.57. The van der Waals surface area contributed by atoms with Gasteiger partial charge in [-0.2, -0.15) is 0 Å². The predicted octanol–water partition coefficient (Wildman–Crippen LogP) is 1.86. The van der Waals surface area contributed by atoms with Crippen LogP contribution in [0.2, 0.25) is 5.02 Å². The quantitative estimate of drug-likeness (QED) is 0.751. The molecule has 20 heavy (non-hydrogen) atoms. The monoisotopic (exact) mass is 322 g/mol. The van der Waals surface area contributed by atoms with Gasteiger partial charge < -0.3 is 20.5 Å². The number of benzene rings is 1. The van der Waals surface area contributed by atoms with Crippen LogP contribution in [-0.2, 0) is 4.74 Å². The van der Waals surface area contributed by atoms with E-state index >= 15 is 0 Å². The Morgan fingerprint density at radius 3 is 2.75 bits per heavy atom. The third-order valence-corrected chi connectivity index (χ3v) is 2.70. The number of rotatable bonds is 7. The zero-order valence-electron chi connectivity index (χ0n) is 11.5. The van der Waals surface area contributed by atoms with Crippen LogP contribution in [-0.4, -0.2) is 38.8 Å². The van der Waals surface area contributed by atoms with Crippen molar-refractivity contribution < 1.29 is 14.3 Å². The molecule has 0 spiro atoms. The molecular formula is C13H20Cl2N2O3. The van der Waals surface area contributed by atoms with E-state index in [9.17, 15) is 4.79 Å². The van der Waals surface area contributed by atoms with Crippen molar-refractivity contribution in [2.45, 2.75) is 13.0 Å². The van der Waals surface area contributed by atoms with Crippen LogP contribution in [0.1, 0.15) is 17.3 Å². The number of hydrogen-bond donors (Lipinski definition) is 2. The van der Waals surface area contributed by atoms with Gasteiger partial charge in [-0.1, -0.05) is 11.6 Å². The highest BCUT2D eigenvalue weighted by molar-refractivity contribution is 6.31. The first-order valence-electron chi connectivity index (χ1n) is 6.00. The Hall–Kier alpha value is -1.01. The van der Waals surface area contributed by atoms with E-state index in [4.69, 9.17) is 26.8 Å². The molecule has 0 aromatic heterocycles. The van der Waals surface area contributed by atoms with Crippen molar-refractivity contribution in [3.8, 4) is 5.75 Å². The van der Waals surface area contributed by atoms with Crippen LogP contribution in [0.4, 0.5) is 0 Å². The second-order valence-corrected chi connectivity index (χ2v) is 4.53. The standard InChI is InChI=1S/C13H19ClN2O3.ClH/c1-9(8-15)16-13(17)11-7-10(14)3-4-12(11)19-6-5-18-2;/h3-4,7,9H,5-6,8,15H2,1-2H3,(H,16,17);1H/t9-;/m0./s1. The average Bonchev–Trinajstić information content (AvgIpc) is 2.40. The van der Waals surface area contributed by atoms with Crippen LogP contribution >= 0.6 is 24.0 Å². The number of nitrogens with one attached hydrogen (secondary N) is 1. The van der Waals surface area contributed by atoms with Crippen LogP contribution in [0.25, 0.3) is 0 Å². The van der Waals surface area contributed by atoms with Crippen molar-refractivity contribution in [1.82, 2.24) is 5.32 Å². The molecule has 7 heteroatoms. The van der Waals surface area contributed by atoms with Crippen molar-refractivity contribution in [2.24, 2.45) is 5.73 Å². The molecule has 1 aromatic rings. The minimum absolute atomic E-state index is 0. The molecule has 114 valence electrons. The van der Waals surface area contributed by atoms with E-state index in [0.29, 0.717) is 36.1 Å². The van der Waals surface area contributed by atoms with Crippen LogP contribution in [0, 0.1) is 0 Å². The lowest BCUT2D eigenvalue weighted by Gasteiger charge is -2.14. The van der Waals surface area contributed by atoms with E-state index in [1.54, 1.807) is 25.3 Å². The smallest absolute Gasteiger partial charge is 0.255 e. The zero-order valence-corrected chi connectivity index (χ0v) is 13.1. The highest BCUT2D eigenvalue weighted by Gasteiger charge is 2.15. The van der Waals surface area contributed by atoms with Crippen LogP contribution in [0.3, 0.4) is 0 Å². The van der Waals surface area contributed by atoms with Gasteiger partial charge in [0.25, 0.3) is 5.91 Å². The molecule has 1 atom stereocenters. The van der Waals surface area contributed by atoms with E-state index in [1.165, 1.54) is 0 Å². The van der Waals surface area contributed by atoms with E-state index in [2.05, 4.69) is 5.32 Å². The Bertz CT molecular complexity index is 430. The van der Waals surface area contributed by atoms with Gasteiger partial charge in [-0.05, 0) is 25.1 Å². The Kier molecular flexibility index (Phi) is 9.33. The molecule has 0 heterocycles. The van der Waals surface area contributed by atoms with Crippen molar-refractivity contribution in [2.75, 3.05) is 26.9 Å². The number of methoxy groups -OCH3 is 1. The number of amides is 1. The van der Waals surface area contributed by atoms with Gasteiger partial charge in [0.15, 0.2) is 0 Å². The summed E-state index contributed by atoms with van der Waals surface area (Å²) in [5, 5.41) is 3.25. The van der Waals surface area contributed by atoms with Gasteiger partial charge in [-0.3, -0.25) is 4.79 Å². The van der Waals surface area contributed by atoms with Gasteiger partial charge in [-0.15, -0.1) is 12.4 Å². The molecule has 3 N–H and O–H groups in total. The molecule has 0 aliphatic rings. The summed E-state index contributed by atoms with van der Waals surface area (Å²) in [6, 6.07) is 4.80. The molecule has 1 aromatic carbocycles. The fraction of sp³-hybridized carbons (Fsp3) is 0.462. The van der Waals surface area contributed by atoms with E-state index in [0.717, 1.165) is 0 Å². The van der Waals surface area contributed by atoms with Crippen LogP contribution in [0.15, 0.2) is 18.2 Å². The zero-order chi connectivity index (χ0) is 14.3. The molecular weight excluding hydrogens is 303 g/mol. The maximum absolute atomic E-state index is 12.1. The van der Waals surface area contributed by atoms with Crippen molar-refractivity contribution in [1.29, 1.82) is 0 Å². The lowest BCUT2D eigenvalue weighted by atomic mass is 10.1. The number of hydrogen-bond acceptors (Lipinski definition) is 4. The van der Waals surface area contributed by atoms with Gasteiger partial charge in [-0.25, -0.2) is 0 Å². The second kappa shape index (κ2) is 9.83. The molecule has 0 aliphatic carbocycles. The third-order valence-electron chi connectivity index (χ3n) is 2.46. The molecule has 0 radical (unpaired) electrons. The summed E-state index contributed by atoms with van der Waals surface area (Å²) in [5.74, 6) is 0.219. The van der Waals surface area contributed by atoms with Crippen molar-refractivity contribution in [3.05, 3.63) is 28.8 Å². The van der Waals surface area contributed by atoms with Crippen LogP contribution in [0.5, 0.6) is 5.75 Å². The summed E-state index contributed by atoms with van der Waals surface area (Å²) in [7, 11) is 1.59. The minimum Gasteiger partial charge on any atom is -0.490 e. The van der Waals surface area contributed by atoms with Gasteiger partial charge in [0, 0.05) is 24.7 Å². The first kappa shape index (κ1) is 19.0. The Labute approximate surface area is 130 Å². The van der Waals surface area contributed by atoms with Crippen molar-refractivity contribution >= 4 is 29.9 Å². The lowest BCUT2D eigenvalue weighted by Crippen LogP contribution is -2.38. The molecule has 1 amide bonds. The van der Waals surface area contributed by atoms with Crippen molar-refractivity contribution in [3.63, 3.8) is 0 Å². The lowest BCUT2D eigenvalue weighted by molar-refractivity contribution is 0.0933. The molecule has 0 saturated heterocycles. The number of carbonyl (C=O) groups excluding carboxylic acids is 1. The van der Waals surface area contributed by atoms with E-state index < -0.39 is 0 Å². The first-order chi connectivity index (χ1) is 9.08. The fourth-order valence-electron chi connectivity index (χ4n) is 1.40. The van der Waals surface area contributed by atoms with Crippen LogP contribution < -0.4 is 15.8 Å². The van der Waals surface area contributed by atoms with E-state index in [1.807, 2.05) is 6.92 Å². The summed E-state index contributed by atoms with van der Waals surface area (Å²) in [4.78, 5) is 12.1. The Morgan fingerprint density at radius 1 is 1.45 bits per heavy atom. The normalized spacial score (nSPS) is 11.4. The SMILES string of the molecule is COCCOc1ccc(Cl)cc1C(=O)N[C@@H](C)CN.Cl. The predicted molar refractivity (Wildman–Crippen MR) is 82.1 cm³/mol. The summed E-state index contributed by atoms with van der Waals surface area (Å²) < 4.78 is 10.4. The number of halogens is 2. The maximum atomic E-state index is 12.1. The summed E-state index contributed by atoms with van der Waals surface area (Å²) >= 11 is 5.91. The van der Waals surface area contributed by atoms with Gasteiger partial charge in [0.05, 0.1) is 12.2 Å². The minimum atomic E-state index is -0.257. The first-order valence-corrected chi connectivity index (χ1v) is 6.38. The van der Waals surface area contributed by atoms with E-state index in [-0.39, 0.29) is 24.4 Å². The van der Waals surface area contributed by atoms with Gasteiger partial charge in [0.1, 0.15) is 12.4 Å². The third kappa shape index (κ3) is 5.96. The second-order valence-electron chi connectivity index (χ2n) is 4.09. The highest BCUT2D eigenvalue weighted by atomic mass is 35.5. The molecule has 0 fully saturated rings. The molecule has 1 rings (SSSR count).